The summed E-state index contributed by atoms with van der Waals surface area (Å²) in [6, 6.07) is 2.74. The molecule has 0 aliphatic heterocycles. The smallest absolute Gasteiger partial charge is 0.318 e. The lowest BCUT2D eigenvalue weighted by atomic mass is 10.2. The van der Waals surface area contributed by atoms with Crippen molar-refractivity contribution in [2.24, 2.45) is 0 Å². The van der Waals surface area contributed by atoms with Crippen LogP contribution in [0.5, 0.6) is 0 Å². The van der Waals surface area contributed by atoms with Crippen LogP contribution in [0.15, 0.2) is 18.3 Å². The van der Waals surface area contributed by atoms with Crippen molar-refractivity contribution in [3.05, 3.63) is 24.1 Å². The van der Waals surface area contributed by atoms with Crippen LogP contribution in [0.4, 0.5) is 15.0 Å². The minimum atomic E-state index is -0.416. The van der Waals surface area contributed by atoms with Crippen LogP contribution < -0.4 is 10.9 Å². The number of anilines is 1. The van der Waals surface area contributed by atoms with Crippen LogP contribution in [0.3, 0.4) is 0 Å². The molecule has 0 bridgehead atoms. The van der Waals surface area contributed by atoms with Gasteiger partial charge in [-0.25, -0.2) is 14.2 Å². The molecule has 106 valence electrons. The van der Waals surface area contributed by atoms with Gasteiger partial charge in [0.1, 0.15) is 11.6 Å². The Bertz CT molecular complexity index is 408. The zero-order valence-electron chi connectivity index (χ0n) is 11.8. The van der Waals surface area contributed by atoms with E-state index in [1.54, 1.807) is 4.90 Å². The van der Waals surface area contributed by atoms with E-state index in [-0.39, 0.29) is 18.1 Å². The minimum absolute atomic E-state index is 0.0953. The summed E-state index contributed by atoms with van der Waals surface area (Å²) in [6.07, 6.45) is 1.96. The first kappa shape index (κ1) is 15.2. The Hall–Kier alpha value is -1.85. The number of halogens is 1. The lowest BCUT2D eigenvalue weighted by Gasteiger charge is -2.32. The molecule has 1 atom stereocenters. The molecule has 0 spiro atoms. The molecule has 5 nitrogen and oxygen atoms in total. The average Bonchev–Trinajstić information content (AvgIpc) is 2.37. The van der Waals surface area contributed by atoms with Gasteiger partial charge in [-0.15, -0.1) is 0 Å². The molecule has 6 heteroatoms. The van der Waals surface area contributed by atoms with Gasteiger partial charge in [0, 0.05) is 12.1 Å². The van der Waals surface area contributed by atoms with Crippen LogP contribution in [0.2, 0.25) is 0 Å². The standard InChI is InChI=1S/C13H21FN4O/c1-5-10(4)18(9(2)3)13(19)17-16-12-7-6-11(14)8-15-12/h6-10H,5H2,1-4H3,(H,15,16)(H,17,19)/t10-/m0/s1. The van der Waals surface area contributed by atoms with Crippen LogP contribution in [-0.2, 0) is 0 Å². The molecule has 1 aromatic rings. The molecule has 0 aromatic carbocycles. The number of amides is 2. The molecule has 1 heterocycles. The molecular formula is C13H21FN4O. The summed E-state index contributed by atoms with van der Waals surface area (Å²) in [5.41, 5.74) is 5.23. The van der Waals surface area contributed by atoms with Crippen molar-refractivity contribution >= 4 is 11.8 Å². The monoisotopic (exact) mass is 268 g/mol. The number of hydrogen-bond donors (Lipinski definition) is 2. The van der Waals surface area contributed by atoms with Crippen LogP contribution in [-0.4, -0.2) is 28.0 Å². The summed E-state index contributed by atoms with van der Waals surface area (Å²) in [6.45, 7) is 7.95. The first-order valence-corrected chi connectivity index (χ1v) is 6.41. The Kier molecular flexibility index (Phi) is 5.54. The van der Waals surface area contributed by atoms with Crippen molar-refractivity contribution in [3.8, 4) is 0 Å². The number of nitrogens with zero attached hydrogens (tertiary/aromatic N) is 2. The molecule has 2 amide bonds. The molecule has 1 rings (SSSR count). The van der Waals surface area contributed by atoms with Gasteiger partial charge in [-0.1, -0.05) is 6.92 Å². The third-order valence-corrected chi connectivity index (χ3v) is 2.88. The fourth-order valence-corrected chi connectivity index (χ4v) is 1.77. The Balaban J connectivity index is 2.60. The van der Waals surface area contributed by atoms with Crippen molar-refractivity contribution in [2.45, 2.75) is 46.2 Å². The summed E-state index contributed by atoms with van der Waals surface area (Å²) in [5, 5.41) is 0. The lowest BCUT2D eigenvalue weighted by molar-refractivity contribution is 0.159. The molecule has 0 saturated heterocycles. The van der Waals surface area contributed by atoms with Gasteiger partial charge in [0.25, 0.3) is 0 Å². The van der Waals surface area contributed by atoms with Gasteiger partial charge in [0.15, 0.2) is 0 Å². The Morgan fingerprint density at radius 2 is 2.11 bits per heavy atom. The van der Waals surface area contributed by atoms with Gasteiger partial charge in [0.05, 0.1) is 6.20 Å². The van der Waals surface area contributed by atoms with Gasteiger partial charge in [-0.2, -0.15) is 0 Å². The highest BCUT2D eigenvalue weighted by molar-refractivity contribution is 5.76. The number of rotatable bonds is 5. The van der Waals surface area contributed by atoms with E-state index >= 15 is 0 Å². The molecule has 19 heavy (non-hydrogen) atoms. The largest absolute Gasteiger partial charge is 0.336 e. The number of pyridine rings is 1. The fourth-order valence-electron chi connectivity index (χ4n) is 1.77. The van der Waals surface area contributed by atoms with Crippen molar-refractivity contribution in [1.29, 1.82) is 0 Å². The van der Waals surface area contributed by atoms with Crippen molar-refractivity contribution in [1.82, 2.24) is 15.3 Å². The first-order valence-electron chi connectivity index (χ1n) is 6.41. The molecule has 2 N–H and O–H groups in total. The van der Waals surface area contributed by atoms with Crippen LogP contribution in [0.25, 0.3) is 0 Å². The molecule has 0 saturated carbocycles. The molecule has 0 radical (unpaired) electrons. The molecule has 0 aliphatic rings. The Labute approximate surface area is 113 Å². The molecule has 1 aromatic heterocycles. The van der Waals surface area contributed by atoms with Crippen molar-refractivity contribution in [2.75, 3.05) is 5.43 Å². The zero-order valence-corrected chi connectivity index (χ0v) is 11.8. The second-order valence-corrected chi connectivity index (χ2v) is 4.68. The number of hydrazine groups is 1. The number of carbonyl (C=O) groups excluding carboxylic acids is 1. The van der Waals surface area contributed by atoms with E-state index in [0.29, 0.717) is 5.82 Å². The average molecular weight is 268 g/mol. The number of nitrogens with one attached hydrogen (secondary N) is 2. The highest BCUT2D eigenvalue weighted by Crippen LogP contribution is 2.09. The van der Waals surface area contributed by atoms with Gasteiger partial charge < -0.3 is 4.90 Å². The van der Waals surface area contributed by atoms with Crippen molar-refractivity contribution < 1.29 is 9.18 Å². The third kappa shape index (κ3) is 4.39. The Morgan fingerprint density at radius 1 is 1.42 bits per heavy atom. The second-order valence-electron chi connectivity index (χ2n) is 4.68. The van der Waals surface area contributed by atoms with Crippen LogP contribution in [0, 0.1) is 5.82 Å². The van der Waals surface area contributed by atoms with E-state index in [0.717, 1.165) is 12.6 Å². The van der Waals surface area contributed by atoms with Crippen molar-refractivity contribution in [3.63, 3.8) is 0 Å². The topological polar surface area (TPSA) is 57.3 Å². The predicted octanol–water partition coefficient (Wildman–Crippen LogP) is 2.77. The maximum Gasteiger partial charge on any atom is 0.336 e. The van der Waals surface area contributed by atoms with Crippen LogP contribution >= 0.6 is 0 Å². The number of carbonyl (C=O) groups is 1. The van der Waals surface area contributed by atoms with Gasteiger partial charge in [0.2, 0.25) is 0 Å². The minimum Gasteiger partial charge on any atom is -0.318 e. The highest BCUT2D eigenvalue weighted by Gasteiger charge is 2.21. The predicted molar refractivity (Wildman–Crippen MR) is 73.1 cm³/mol. The first-order chi connectivity index (χ1) is 8.95. The van der Waals surface area contributed by atoms with E-state index in [2.05, 4.69) is 15.8 Å². The second kappa shape index (κ2) is 6.92. The Morgan fingerprint density at radius 3 is 2.58 bits per heavy atom. The maximum absolute atomic E-state index is 12.7. The summed E-state index contributed by atoms with van der Waals surface area (Å²) in [7, 11) is 0. The van der Waals surface area contributed by atoms with E-state index < -0.39 is 5.82 Å². The highest BCUT2D eigenvalue weighted by atomic mass is 19.1. The van der Waals surface area contributed by atoms with Gasteiger partial charge in [-0.05, 0) is 39.3 Å². The third-order valence-electron chi connectivity index (χ3n) is 2.88. The zero-order chi connectivity index (χ0) is 14.4. The van der Waals surface area contributed by atoms with E-state index in [4.69, 9.17) is 0 Å². The number of aromatic nitrogens is 1. The lowest BCUT2D eigenvalue weighted by Crippen LogP contribution is -2.50. The van der Waals surface area contributed by atoms with Gasteiger partial charge >= 0.3 is 6.03 Å². The molecule has 0 fully saturated rings. The molecule has 0 unspecified atom stereocenters. The van der Waals surface area contributed by atoms with E-state index in [9.17, 15) is 9.18 Å². The van der Waals surface area contributed by atoms with E-state index in [1.165, 1.54) is 12.1 Å². The summed E-state index contributed by atoms with van der Waals surface area (Å²) >= 11 is 0. The maximum atomic E-state index is 12.7. The molecular weight excluding hydrogens is 247 g/mol. The van der Waals surface area contributed by atoms with Crippen LogP contribution in [0.1, 0.15) is 34.1 Å². The van der Waals surface area contributed by atoms with Gasteiger partial charge in [-0.3, -0.25) is 10.9 Å². The molecule has 0 aliphatic carbocycles. The number of urea groups is 1. The normalized spacial score (nSPS) is 12.1. The quantitative estimate of drug-likeness (QED) is 0.807. The summed E-state index contributed by atoms with van der Waals surface area (Å²) in [5.74, 6) is -0.0251. The summed E-state index contributed by atoms with van der Waals surface area (Å²) in [4.78, 5) is 17.6. The number of hydrogen-bond acceptors (Lipinski definition) is 3. The SMILES string of the molecule is CC[C@H](C)N(C(=O)NNc1ccc(F)cn1)C(C)C. The fraction of sp³-hybridized carbons (Fsp3) is 0.538. The van der Waals surface area contributed by atoms with E-state index in [1.807, 2.05) is 27.7 Å². The summed E-state index contributed by atoms with van der Waals surface area (Å²) < 4.78 is 12.7.